The van der Waals surface area contributed by atoms with Crippen molar-refractivity contribution in [2.24, 2.45) is 11.7 Å². The average Bonchev–Trinajstić information content (AvgIpc) is 2.52. The smallest absolute Gasteiger partial charge is 0.317 e. The molecule has 0 atom stereocenters. The van der Waals surface area contributed by atoms with Crippen LogP contribution in [-0.4, -0.2) is 42.2 Å². The number of nitrogens with one attached hydrogen (secondary N) is 1. The standard InChI is InChI=1S/C15H21N3O2S/c16-14(19)12-6-9-18(10-7-12)15(20)17-8-11-21-13-4-2-1-3-5-13/h1-5,12H,6-11H2,(H2,16,19)(H,17,20). The van der Waals surface area contributed by atoms with Gasteiger partial charge in [-0.1, -0.05) is 18.2 Å². The first kappa shape index (κ1) is 15.7. The molecule has 1 heterocycles. The lowest BCUT2D eigenvalue weighted by Crippen LogP contribution is -2.46. The van der Waals surface area contributed by atoms with Crippen molar-refractivity contribution in [1.82, 2.24) is 10.2 Å². The van der Waals surface area contributed by atoms with Crippen LogP contribution < -0.4 is 11.1 Å². The van der Waals surface area contributed by atoms with E-state index in [4.69, 9.17) is 5.73 Å². The maximum Gasteiger partial charge on any atom is 0.317 e. The summed E-state index contributed by atoms with van der Waals surface area (Å²) < 4.78 is 0. The third kappa shape index (κ3) is 4.97. The topological polar surface area (TPSA) is 75.4 Å². The Balaban J connectivity index is 1.63. The molecule has 1 aromatic carbocycles. The van der Waals surface area contributed by atoms with Crippen LogP contribution in [0, 0.1) is 5.92 Å². The number of amides is 3. The summed E-state index contributed by atoms with van der Waals surface area (Å²) in [6.07, 6.45) is 1.34. The number of hydrogen-bond donors (Lipinski definition) is 2. The lowest BCUT2D eigenvalue weighted by molar-refractivity contribution is -0.123. The molecule has 1 fully saturated rings. The zero-order valence-electron chi connectivity index (χ0n) is 12.0. The molecular weight excluding hydrogens is 286 g/mol. The highest BCUT2D eigenvalue weighted by Gasteiger charge is 2.25. The number of nitrogens with zero attached hydrogens (tertiary/aromatic N) is 1. The van der Waals surface area contributed by atoms with Gasteiger partial charge in [-0.15, -0.1) is 11.8 Å². The van der Waals surface area contributed by atoms with Gasteiger partial charge in [0, 0.05) is 36.2 Å². The molecule has 1 saturated heterocycles. The molecule has 0 spiro atoms. The number of benzene rings is 1. The van der Waals surface area contributed by atoms with Crippen LogP contribution in [0.3, 0.4) is 0 Å². The van der Waals surface area contributed by atoms with E-state index in [2.05, 4.69) is 17.4 Å². The van der Waals surface area contributed by atoms with E-state index in [0.717, 1.165) is 5.75 Å². The molecule has 0 unspecified atom stereocenters. The van der Waals surface area contributed by atoms with Gasteiger partial charge >= 0.3 is 6.03 Å². The Hall–Kier alpha value is -1.69. The SMILES string of the molecule is NC(=O)C1CCN(C(=O)NCCSc2ccccc2)CC1. The van der Waals surface area contributed by atoms with Crippen LogP contribution in [0.2, 0.25) is 0 Å². The molecule has 21 heavy (non-hydrogen) atoms. The number of carbonyl (C=O) groups excluding carboxylic acids is 2. The fourth-order valence-electron chi connectivity index (χ4n) is 2.32. The third-order valence-corrected chi connectivity index (χ3v) is 4.59. The summed E-state index contributed by atoms with van der Waals surface area (Å²) in [5.41, 5.74) is 5.28. The fourth-order valence-corrected chi connectivity index (χ4v) is 3.11. The molecule has 0 aliphatic carbocycles. The van der Waals surface area contributed by atoms with Gasteiger partial charge in [-0.05, 0) is 25.0 Å². The minimum absolute atomic E-state index is 0.0495. The second-order valence-electron chi connectivity index (χ2n) is 5.06. The Kier molecular flexibility index (Phi) is 5.92. The van der Waals surface area contributed by atoms with Crippen LogP contribution in [0.1, 0.15) is 12.8 Å². The van der Waals surface area contributed by atoms with E-state index >= 15 is 0 Å². The monoisotopic (exact) mass is 307 g/mol. The van der Waals surface area contributed by atoms with Crippen LogP contribution in [0.15, 0.2) is 35.2 Å². The van der Waals surface area contributed by atoms with Gasteiger partial charge in [0.2, 0.25) is 5.91 Å². The van der Waals surface area contributed by atoms with Gasteiger partial charge in [0.1, 0.15) is 0 Å². The first-order valence-electron chi connectivity index (χ1n) is 7.17. The summed E-state index contributed by atoms with van der Waals surface area (Å²) in [5, 5.41) is 2.92. The highest BCUT2D eigenvalue weighted by Crippen LogP contribution is 2.17. The molecule has 1 aromatic rings. The predicted octanol–water partition coefficient (Wildman–Crippen LogP) is 1.69. The highest BCUT2D eigenvalue weighted by molar-refractivity contribution is 7.99. The summed E-state index contributed by atoms with van der Waals surface area (Å²) >= 11 is 1.72. The Morgan fingerprint density at radius 3 is 2.52 bits per heavy atom. The second-order valence-corrected chi connectivity index (χ2v) is 6.23. The van der Waals surface area contributed by atoms with Gasteiger partial charge in [0.25, 0.3) is 0 Å². The fraction of sp³-hybridized carbons (Fsp3) is 0.467. The van der Waals surface area contributed by atoms with Gasteiger partial charge in [0.05, 0.1) is 0 Å². The van der Waals surface area contributed by atoms with Gasteiger partial charge in [-0.2, -0.15) is 0 Å². The number of thioether (sulfide) groups is 1. The lowest BCUT2D eigenvalue weighted by Gasteiger charge is -2.30. The quantitative estimate of drug-likeness (QED) is 0.642. The van der Waals surface area contributed by atoms with Crippen LogP contribution in [0.4, 0.5) is 4.79 Å². The number of primary amides is 1. The van der Waals surface area contributed by atoms with E-state index in [1.807, 2.05) is 18.2 Å². The van der Waals surface area contributed by atoms with Crippen LogP contribution in [0.5, 0.6) is 0 Å². The Morgan fingerprint density at radius 2 is 1.90 bits per heavy atom. The van der Waals surface area contributed by atoms with Gasteiger partial charge < -0.3 is 16.0 Å². The second kappa shape index (κ2) is 7.93. The number of hydrogen-bond acceptors (Lipinski definition) is 3. The van der Waals surface area contributed by atoms with Crippen molar-refractivity contribution in [2.45, 2.75) is 17.7 Å². The van der Waals surface area contributed by atoms with Crippen molar-refractivity contribution in [2.75, 3.05) is 25.4 Å². The maximum absolute atomic E-state index is 12.0. The maximum atomic E-state index is 12.0. The number of carbonyl (C=O) groups is 2. The van der Waals surface area contributed by atoms with Gasteiger partial charge in [0.15, 0.2) is 0 Å². The normalized spacial score (nSPS) is 15.7. The van der Waals surface area contributed by atoms with Crippen LogP contribution in [-0.2, 0) is 4.79 Å². The average molecular weight is 307 g/mol. The summed E-state index contributed by atoms with van der Waals surface area (Å²) in [6, 6.07) is 10.1. The first-order chi connectivity index (χ1) is 10.2. The zero-order chi connectivity index (χ0) is 15.1. The van der Waals surface area contributed by atoms with Crippen molar-refractivity contribution in [1.29, 1.82) is 0 Å². The first-order valence-corrected chi connectivity index (χ1v) is 8.15. The molecule has 3 amide bonds. The molecule has 1 aliphatic rings. The molecule has 0 bridgehead atoms. The van der Waals surface area contributed by atoms with Gasteiger partial charge in [-0.25, -0.2) is 4.79 Å². The van der Waals surface area contributed by atoms with Crippen molar-refractivity contribution >= 4 is 23.7 Å². The van der Waals surface area contributed by atoms with E-state index in [1.165, 1.54) is 4.90 Å². The van der Waals surface area contributed by atoms with Gasteiger partial charge in [-0.3, -0.25) is 4.79 Å². The molecular formula is C15H21N3O2S. The molecule has 3 N–H and O–H groups in total. The molecule has 2 rings (SSSR count). The zero-order valence-corrected chi connectivity index (χ0v) is 12.8. The molecule has 5 nitrogen and oxygen atoms in total. The largest absolute Gasteiger partial charge is 0.369 e. The van der Waals surface area contributed by atoms with E-state index in [-0.39, 0.29) is 17.9 Å². The molecule has 0 aromatic heterocycles. The number of nitrogens with two attached hydrogens (primary N) is 1. The van der Waals surface area contributed by atoms with Crippen molar-refractivity contribution in [3.05, 3.63) is 30.3 Å². The number of piperidine rings is 1. The van der Waals surface area contributed by atoms with E-state index in [0.29, 0.717) is 32.5 Å². The van der Waals surface area contributed by atoms with Crippen molar-refractivity contribution in [3.8, 4) is 0 Å². The molecule has 0 radical (unpaired) electrons. The Labute approximate surface area is 129 Å². The molecule has 114 valence electrons. The molecule has 6 heteroatoms. The number of rotatable bonds is 5. The van der Waals surface area contributed by atoms with Crippen LogP contribution in [0.25, 0.3) is 0 Å². The minimum Gasteiger partial charge on any atom is -0.369 e. The predicted molar refractivity (Wildman–Crippen MR) is 84.1 cm³/mol. The Morgan fingerprint density at radius 1 is 1.24 bits per heavy atom. The highest BCUT2D eigenvalue weighted by atomic mass is 32.2. The lowest BCUT2D eigenvalue weighted by atomic mass is 9.96. The minimum atomic E-state index is -0.255. The number of likely N-dealkylation sites (tertiary alicyclic amines) is 1. The molecule has 1 aliphatic heterocycles. The van der Waals surface area contributed by atoms with E-state index in [9.17, 15) is 9.59 Å². The van der Waals surface area contributed by atoms with E-state index < -0.39 is 0 Å². The van der Waals surface area contributed by atoms with Crippen LogP contribution >= 0.6 is 11.8 Å². The Bertz CT molecular complexity index is 473. The third-order valence-electron chi connectivity index (χ3n) is 3.57. The summed E-state index contributed by atoms with van der Waals surface area (Å²) in [5.74, 6) is 0.505. The van der Waals surface area contributed by atoms with Crippen molar-refractivity contribution in [3.63, 3.8) is 0 Å². The van der Waals surface area contributed by atoms with Crippen molar-refractivity contribution < 1.29 is 9.59 Å². The molecule has 0 saturated carbocycles. The summed E-state index contributed by atoms with van der Waals surface area (Å²) in [4.78, 5) is 26.0. The summed E-state index contributed by atoms with van der Waals surface area (Å²) in [6.45, 7) is 1.84. The van der Waals surface area contributed by atoms with E-state index in [1.54, 1.807) is 16.7 Å². The number of urea groups is 1. The summed E-state index contributed by atoms with van der Waals surface area (Å²) in [7, 11) is 0.